The lowest BCUT2D eigenvalue weighted by Gasteiger charge is -2.29. The molecule has 0 aliphatic carbocycles. The summed E-state index contributed by atoms with van der Waals surface area (Å²) in [7, 11) is 4.74. The van der Waals surface area contributed by atoms with Gasteiger partial charge in [0.1, 0.15) is 5.75 Å². The Hall–Kier alpha value is -1.10. The molecule has 0 heterocycles. The fraction of sp³-hybridized carbons (Fsp3) is 0.571. The molecule has 1 N–H and O–H groups in total. The molecule has 0 aromatic heterocycles. The van der Waals surface area contributed by atoms with Crippen LogP contribution in [-0.4, -0.2) is 32.7 Å². The SMILES string of the molecule is COc1ccc(C(C)(O)CC(OC)OC)c(C)c1. The Morgan fingerprint density at radius 3 is 2.28 bits per heavy atom. The van der Waals surface area contributed by atoms with Gasteiger partial charge in [0.05, 0.1) is 12.7 Å². The van der Waals surface area contributed by atoms with Gasteiger partial charge >= 0.3 is 0 Å². The van der Waals surface area contributed by atoms with Crippen LogP contribution in [0.4, 0.5) is 0 Å². The van der Waals surface area contributed by atoms with E-state index < -0.39 is 11.9 Å². The van der Waals surface area contributed by atoms with E-state index >= 15 is 0 Å². The maximum absolute atomic E-state index is 10.6. The van der Waals surface area contributed by atoms with Crippen molar-refractivity contribution in [1.29, 1.82) is 0 Å². The van der Waals surface area contributed by atoms with E-state index in [0.717, 1.165) is 16.9 Å². The van der Waals surface area contributed by atoms with Crippen LogP contribution in [0.1, 0.15) is 24.5 Å². The quantitative estimate of drug-likeness (QED) is 0.791. The molecule has 1 atom stereocenters. The minimum Gasteiger partial charge on any atom is -0.497 e. The fourth-order valence-electron chi connectivity index (χ4n) is 2.06. The summed E-state index contributed by atoms with van der Waals surface area (Å²) in [4.78, 5) is 0. The summed E-state index contributed by atoms with van der Waals surface area (Å²) >= 11 is 0. The Bertz CT molecular complexity index is 383. The van der Waals surface area contributed by atoms with E-state index in [9.17, 15) is 5.11 Å². The van der Waals surface area contributed by atoms with E-state index in [1.54, 1.807) is 28.3 Å². The Labute approximate surface area is 108 Å². The van der Waals surface area contributed by atoms with Crippen LogP contribution in [0.25, 0.3) is 0 Å². The zero-order valence-electron chi connectivity index (χ0n) is 11.7. The summed E-state index contributed by atoms with van der Waals surface area (Å²) in [6, 6.07) is 5.61. The Morgan fingerprint density at radius 2 is 1.83 bits per heavy atom. The lowest BCUT2D eigenvalue weighted by Crippen LogP contribution is -2.30. The Balaban J connectivity index is 2.96. The van der Waals surface area contributed by atoms with Crippen LogP contribution in [-0.2, 0) is 15.1 Å². The first kappa shape index (κ1) is 15.0. The first-order chi connectivity index (χ1) is 8.44. The number of rotatable bonds is 6. The van der Waals surface area contributed by atoms with E-state index in [4.69, 9.17) is 14.2 Å². The molecule has 1 rings (SSSR count). The number of benzene rings is 1. The molecule has 4 heteroatoms. The summed E-state index contributed by atoms with van der Waals surface area (Å²) in [5.74, 6) is 0.780. The van der Waals surface area contributed by atoms with Crippen LogP contribution >= 0.6 is 0 Å². The second kappa shape index (κ2) is 6.18. The molecule has 0 saturated heterocycles. The van der Waals surface area contributed by atoms with Gasteiger partial charge in [-0.1, -0.05) is 6.07 Å². The normalized spacial score (nSPS) is 14.6. The molecular formula is C14H22O4. The van der Waals surface area contributed by atoms with Crippen molar-refractivity contribution in [3.63, 3.8) is 0 Å². The highest BCUT2D eigenvalue weighted by atomic mass is 16.7. The molecule has 0 aliphatic heterocycles. The van der Waals surface area contributed by atoms with Gasteiger partial charge in [0.25, 0.3) is 0 Å². The van der Waals surface area contributed by atoms with Crippen molar-refractivity contribution in [2.24, 2.45) is 0 Å². The highest BCUT2D eigenvalue weighted by Gasteiger charge is 2.29. The highest BCUT2D eigenvalue weighted by Crippen LogP contribution is 2.31. The highest BCUT2D eigenvalue weighted by molar-refractivity contribution is 5.37. The molecule has 0 radical (unpaired) electrons. The van der Waals surface area contributed by atoms with E-state index in [2.05, 4.69) is 0 Å². The number of hydrogen-bond donors (Lipinski definition) is 1. The van der Waals surface area contributed by atoms with Gasteiger partial charge in [-0.25, -0.2) is 0 Å². The standard InChI is InChI=1S/C14H22O4/c1-10-8-11(16-3)6-7-12(10)14(2,15)9-13(17-4)18-5/h6-8,13,15H,9H2,1-5H3. The maximum Gasteiger partial charge on any atom is 0.159 e. The van der Waals surface area contributed by atoms with Crippen molar-refractivity contribution in [2.45, 2.75) is 32.2 Å². The van der Waals surface area contributed by atoms with E-state index in [1.165, 1.54) is 0 Å². The van der Waals surface area contributed by atoms with Crippen LogP contribution in [0.2, 0.25) is 0 Å². The molecule has 0 fully saturated rings. The van der Waals surface area contributed by atoms with Crippen LogP contribution in [0.3, 0.4) is 0 Å². The zero-order chi connectivity index (χ0) is 13.8. The largest absolute Gasteiger partial charge is 0.497 e. The molecule has 0 spiro atoms. The molecule has 102 valence electrons. The minimum absolute atomic E-state index is 0.368. The Kier molecular flexibility index (Phi) is 5.14. The van der Waals surface area contributed by atoms with Crippen molar-refractivity contribution in [3.05, 3.63) is 29.3 Å². The monoisotopic (exact) mass is 254 g/mol. The molecule has 0 bridgehead atoms. The van der Waals surface area contributed by atoms with Gasteiger partial charge < -0.3 is 19.3 Å². The maximum atomic E-state index is 10.6. The van der Waals surface area contributed by atoms with Crippen LogP contribution in [0, 0.1) is 6.92 Å². The number of hydrogen-bond acceptors (Lipinski definition) is 4. The van der Waals surface area contributed by atoms with Crippen LogP contribution in [0.15, 0.2) is 18.2 Å². The summed E-state index contributed by atoms with van der Waals surface area (Å²) in [6.07, 6.45) is -0.0609. The minimum atomic E-state index is -1.01. The smallest absolute Gasteiger partial charge is 0.159 e. The van der Waals surface area contributed by atoms with E-state index in [1.807, 2.05) is 25.1 Å². The zero-order valence-corrected chi connectivity index (χ0v) is 11.7. The summed E-state index contributed by atoms with van der Waals surface area (Å²) in [5, 5.41) is 10.6. The van der Waals surface area contributed by atoms with Gasteiger partial charge in [0.2, 0.25) is 0 Å². The van der Waals surface area contributed by atoms with Crippen molar-refractivity contribution in [2.75, 3.05) is 21.3 Å². The van der Waals surface area contributed by atoms with Gasteiger partial charge in [-0.3, -0.25) is 0 Å². The second-order valence-electron chi connectivity index (χ2n) is 4.56. The fourth-order valence-corrected chi connectivity index (χ4v) is 2.06. The van der Waals surface area contributed by atoms with E-state index in [0.29, 0.717) is 6.42 Å². The molecular weight excluding hydrogens is 232 g/mol. The predicted molar refractivity (Wildman–Crippen MR) is 69.7 cm³/mol. The average Bonchev–Trinajstić information content (AvgIpc) is 2.35. The number of aliphatic hydroxyl groups is 1. The van der Waals surface area contributed by atoms with Crippen molar-refractivity contribution in [3.8, 4) is 5.75 Å². The van der Waals surface area contributed by atoms with Gasteiger partial charge in [-0.05, 0) is 37.1 Å². The number of ether oxygens (including phenoxy) is 3. The molecule has 1 aromatic carbocycles. The van der Waals surface area contributed by atoms with Crippen molar-refractivity contribution < 1.29 is 19.3 Å². The lowest BCUT2D eigenvalue weighted by atomic mass is 9.89. The number of methoxy groups -OCH3 is 3. The molecule has 0 aliphatic rings. The topological polar surface area (TPSA) is 47.9 Å². The predicted octanol–water partition coefficient (Wildman–Crippen LogP) is 2.22. The van der Waals surface area contributed by atoms with Gasteiger partial charge in [-0.2, -0.15) is 0 Å². The first-order valence-electron chi connectivity index (χ1n) is 5.87. The summed E-state index contributed by atoms with van der Waals surface area (Å²) < 4.78 is 15.4. The first-order valence-corrected chi connectivity index (χ1v) is 5.87. The lowest BCUT2D eigenvalue weighted by molar-refractivity contribution is -0.142. The molecule has 4 nitrogen and oxygen atoms in total. The molecule has 18 heavy (non-hydrogen) atoms. The average molecular weight is 254 g/mol. The third-order valence-electron chi connectivity index (χ3n) is 3.10. The molecule has 1 aromatic rings. The third kappa shape index (κ3) is 3.45. The van der Waals surface area contributed by atoms with Gasteiger partial charge in [0, 0.05) is 20.6 Å². The molecule has 1 unspecified atom stereocenters. The van der Waals surface area contributed by atoms with Crippen LogP contribution in [0.5, 0.6) is 5.75 Å². The van der Waals surface area contributed by atoms with Crippen LogP contribution < -0.4 is 4.74 Å². The molecule has 0 amide bonds. The third-order valence-corrected chi connectivity index (χ3v) is 3.10. The summed E-state index contributed by atoms with van der Waals surface area (Å²) in [5.41, 5.74) is 0.820. The van der Waals surface area contributed by atoms with Gasteiger partial charge in [-0.15, -0.1) is 0 Å². The number of aryl methyl sites for hydroxylation is 1. The van der Waals surface area contributed by atoms with Crippen molar-refractivity contribution >= 4 is 0 Å². The summed E-state index contributed by atoms with van der Waals surface area (Å²) in [6.45, 7) is 3.70. The van der Waals surface area contributed by atoms with E-state index in [-0.39, 0.29) is 0 Å². The van der Waals surface area contributed by atoms with Crippen molar-refractivity contribution in [1.82, 2.24) is 0 Å². The van der Waals surface area contributed by atoms with Gasteiger partial charge in [0.15, 0.2) is 6.29 Å². The molecule has 0 saturated carbocycles. The Morgan fingerprint density at radius 1 is 1.22 bits per heavy atom. The second-order valence-corrected chi connectivity index (χ2v) is 4.56.